The van der Waals surface area contributed by atoms with Crippen LogP contribution < -0.4 is 5.32 Å². The summed E-state index contributed by atoms with van der Waals surface area (Å²) in [5.41, 5.74) is 2.17. The topological polar surface area (TPSA) is 45.2 Å². The van der Waals surface area contributed by atoms with Gasteiger partial charge in [-0.25, -0.2) is 0 Å². The SMILES string of the molecule is CCN1CCC(C(=O)N[C@@H](c2ccccc2)c2ccncc2)CC1. The number of carbonyl (C=O) groups excluding carboxylic acids is 1. The van der Waals surface area contributed by atoms with Crippen molar-refractivity contribution in [2.75, 3.05) is 19.6 Å². The summed E-state index contributed by atoms with van der Waals surface area (Å²) < 4.78 is 0. The van der Waals surface area contributed by atoms with Gasteiger partial charge in [0.2, 0.25) is 5.91 Å². The largest absolute Gasteiger partial charge is 0.345 e. The van der Waals surface area contributed by atoms with Gasteiger partial charge < -0.3 is 10.2 Å². The molecule has 1 amide bonds. The van der Waals surface area contributed by atoms with Crippen LogP contribution in [0.15, 0.2) is 54.9 Å². The van der Waals surface area contributed by atoms with E-state index in [4.69, 9.17) is 0 Å². The van der Waals surface area contributed by atoms with Crippen molar-refractivity contribution in [2.24, 2.45) is 5.92 Å². The van der Waals surface area contributed by atoms with Crippen LogP contribution in [0, 0.1) is 5.92 Å². The summed E-state index contributed by atoms with van der Waals surface area (Å²) in [4.78, 5) is 19.3. The molecule has 0 radical (unpaired) electrons. The summed E-state index contributed by atoms with van der Waals surface area (Å²) in [5.74, 6) is 0.275. The maximum Gasteiger partial charge on any atom is 0.223 e. The smallest absolute Gasteiger partial charge is 0.223 e. The highest BCUT2D eigenvalue weighted by molar-refractivity contribution is 5.79. The first-order valence-electron chi connectivity index (χ1n) is 8.75. The van der Waals surface area contributed by atoms with E-state index in [1.165, 1.54) is 0 Å². The lowest BCUT2D eigenvalue weighted by molar-refractivity contribution is -0.126. The molecule has 1 atom stereocenters. The van der Waals surface area contributed by atoms with E-state index < -0.39 is 0 Å². The average Bonchev–Trinajstić information content (AvgIpc) is 2.67. The molecule has 1 saturated heterocycles. The Hall–Kier alpha value is -2.20. The van der Waals surface area contributed by atoms with Crippen molar-refractivity contribution in [3.63, 3.8) is 0 Å². The highest BCUT2D eigenvalue weighted by atomic mass is 16.1. The summed E-state index contributed by atoms with van der Waals surface area (Å²) in [5, 5.41) is 3.27. The number of rotatable bonds is 5. The van der Waals surface area contributed by atoms with Gasteiger partial charge in [0.15, 0.2) is 0 Å². The van der Waals surface area contributed by atoms with Crippen molar-refractivity contribution in [3.05, 3.63) is 66.0 Å². The van der Waals surface area contributed by atoms with Crippen molar-refractivity contribution in [1.29, 1.82) is 0 Å². The molecule has 0 aliphatic carbocycles. The first kappa shape index (κ1) is 16.7. The zero-order valence-corrected chi connectivity index (χ0v) is 14.2. The Morgan fingerprint density at radius 2 is 1.75 bits per heavy atom. The van der Waals surface area contributed by atoms with Crippen LogP contribution >= 0.6 is 0 Å². The van der Waals surface area contributed by atoms with Crippen LogP contribution in [0.5, 0.6) is 0 Å². The normalized spacial score (nSPS) is 17.4. The van der Waals surface area contributed by atoms with Crippen LogP contribution in [-0.2, 0) is 4.79 Å². The average molecular weight is 323 g/mol. The van der Waals surface area contributed by atoms with Gasteiger partial charge in [-0.2, -0.15) is 0 Å². The molecule has 1 aromatic carbocycles. The maximum absolute atomic E-state index is 12.8. The van der Waals surface area contributed by atoms with Crippen LogP contribution in [0.1, 0.15) is 36.9 Å². The molecule has 1 N–H and O–H groups in total. The van der Waals surface area contributed by atoms with E-state index >= 15 is 0 Å². The van der Waals surface area contributed by atoms with E-state index in [1.807, 2.05) is 30.3 Å². The number of nitrogens with one attached hydrogen (secondary N) is 1. The molecule has 3 rings (SSSR count). The third-order valence-electron chi connectivity index (χ3n) is 4.86. The number of piperidine rings is 1. The molecule has 0 unspecified atom stereocenters. The molecule has 2 heterocycles. The fourth-order valence-corrected chi connectivity index (χ4v) is 3.33. The number of aromatic nitrogens is 1. The van der Waals surface area contributed by atoms with E-state index in [0.29, 0.717) is 0 Å². The van der Waals surface area contributed by atoms with Crippen LogP contribution in [0.25, 0.3) is 0 Å². The van der Waals surface area contributed by atoms with Gasteiger partial charge in [-0.3, -0.25) is 9.78 Å². The van der Waals surface area contributed by atoms with Crippen LogP contribution in [-0.4, -0.2) is 35.4 Å². The molecule has 0 bridgehead atoms. The van der Waals surface area contributed by atoms with Gasteiger partial charge in [-0.15, -0.1) is 0 Å². The lowest BCUT2D eigenvalue weighted by atomic mass is 9.93. The number of nitrogens with zero attached hydrogens (tertiary/aromatic N) is 2. The molecule has 2 aromatic rings. The van der Waals surface area contributed by atoms with Gasteiger partial charge in [-0.05, 0) is 55.7 Å². The predicted octanol–water partition coefficient (Wildman–Crippen LogP) is 3.02. The molecule has 1 aliphatic rings. The zero-order valence-electron chi connectivity index (χ0n) is 14.2. The van der Waals surface area contributed by atoms with Crippen molar-refractivity contribution in [2.45, 2.75) is 25.8 Å². The Labute approximate surface area is 143 Å². The second-order valence-electron chi connectivity index (χ2n) is 6.34. The van der Waals surface area contributed by atoms with Crippen molar-refractivity contribution >= 4 is 5.91 Å². The number of hydrogen-bond donors (Lipinski definition) is 1. The molecular weight excluding hydrogens is 298 g/mol. The minimum absolute atomic E-state index is 0.112. The summed E-state index contributed by atoms with van der Waals surface area (Å²) >= 11 is 0. The number of pyridine rings is 1. The molecule has 126 valence electrons. The Kier molecular flexibility index (Phi) is 5.59. The number of hydrogen-bond acceptors (Lipinski definition) is 3. The Morgan fingerprint density at radius 1 is 1.12 bits per heavy atom. The zero-order chi connectivity index (χ0) is 16.8. The molecular formula is C20H25N3O. The van der Waals surface area contributed by atoms with E-state index in [1.54, 1.807) is 12.4 Å². The minimum Gasteiger partial charge on any atom is -0.345 e. The number of amides is 1. The lowest BCUT2D eigenvalue weighted by Gasteiger charge is -2.31. The standard InChI is InChI=1S/C20H25N3O/c1-2-23-14-10-18(11-15-23)20(24)22-19(16-6-4-3-5-7-16)17-8-12-21-13-9-17/h3-9,12-13,18-19H,2,10-11,14-15H2,1H3,(H,22,24)/t19-/m0/s1. The maximum atomic E-state index is 12.8. The highest BCUT2D eigenvalue weighted by Gasteiger charge is 2.26. The fourth-order valence-electron chi connectivity index (χ4n) is 3.33. The van der Waals surface area contributed by atoms with E-state index in [-0.39, 0.29) is 17.9 Å². The Bertz CT molecular complexity index is 597. The second-order valence-corrected chi connectivity index (χ2v) is 6.34. The minimum atomic E-state index is -0.120. The summed E-state index contributed by atoms with van der Waals surface area (Å²) in [6, 6.07) is 14.0. The monoisotopic (exact) mass is 323 g/mol. The molecule has 0 saturated carbocycles. The van der Waals surface area contributed by atoms with Crippen molar-refractivity contribution in [1.82, 2.24) is 15.2 Å². The van der Waals surface area contributed by atoms with Crippen molar-refractivity contribution < 1.29 is 4.79 Å². The van der Waals surface area contributed by atoms with Crippen LogP contribution in [0.3, 0.4) is 0 Å². The molecule has 1 aliphatic heterocycles. The lowest BCUT2D eigenvalue weighted by Crippen LogP contribution is -2.41. The van der Waals surface area contributed by atoms with E-state index in [2.05, 4.69) is 34.3 Å². The quantitative estimate of drug-likeness (QED) is 0.920. The van der Waals surface area contributed by atoms with Gasteiger partial charge in [0.1, 0.15) is 0 Å². The molecule has 4 nitrogen and oxygen atoms in total. The molecule has 1 aromatic heterocycles. The van der Waals surface area contributed by atoms with Gasteiger partial charge in [0, 0.05) is 18.3 Å². The second kappa shape index (κ2) is 8.06. The van der Waals surface area contributed by atoms with Crippen LogP contribution in [0.4, 0.5) is 0 Å². The van der Waals surface area contributed by atoms with E-state index in [9.17, 15) is 4.79 Å². The molecule has 0 spiro atoms. The third kappa shape index (κ3) is 4.01. The Morgan fingerprint density at radius 3 is 2.38 bits per heavy atom. The van der Waals surface area contributed by atoms with Gasteiger partial charge in [-0.1, -0.05) is 37.3 Å². The highest BCUT2D eigenvalue weighted by Crippen LogP contribution is 2.24. The summed E-state index contributed by atoms with van der Waals surface area (Å²) in [6.07, 6.45) is 5.43. The molecule has 24 heavy (non-hydrogen) atoms. The number of benzene rings is 1. The Balaban J connectivity index is 1.74. The van der Waals surface area contributed by atoms with Gasteiger partial charge in [0.25, 0.3) is 0 Å². The van der Waals surface area contributed by atoms with Crippen molar-refractivity contribution in [3.8, 4) is 0 Å². The number of carbonyl (C=O) groups is 1. The first-order valence-corrected chi connectivity index (χ1v) is 8.75. The predicted molar refractivity (Wildman–Crippen MR) is 95.5 cm³/mol. The molecule has 4 heteroatoms. The molecule has 1 fully saturated rings. The summed E-state index contributed by atoms with van der Waals surface area (Å²) in [6.45, 7) is 5.27. The summed E-state index contributed by atoms with van der Waals surface area (Å²) in [7, 11) is 0. The van der Waals surface area contributed by atoms with Crippen LogP contribution in [0.2, 0.25) is 0 Å². The van der Waals surface area contributed by atoms with Gasteiger partial charge >= 0.3 is 0 Å². The fraction of sp³-hybridized carbons (Fsp3) is 0.400. The first-order chi connectivity index (χ1) is 11.8. The third-order valence-corrected chi connectivity index (χ3v) is 4.86. The van der Waals surface area contributed by atoms with E-state index in [0.717, 1.165) is 43.6 Å². The van der Waals surface area contributed by atoms with Gasteiger partial charge in [0.05, 0.1) is 6.04 Å². The number of likely N-dealkylation sites (tertiary alicyclic amines) is 1.